The van der Waals surface area contributed by atoms with Crippen molar-refractivity contribution in [1.82, 2.24) is 0 Å². The zero-order chi connectivity index (χ0) is 26.3. The van der Waals surface area contributed by atoms with Crippen LogP contribution in [0.5, 0.6) is 5.75 Å². The summed E-state index contributed by atoms with van der Waals surface area (Å²) in [6, 6.07) is 10.7. The lowest BCUT2D eigenvalue weighted by Crippen LogP contribution is -2.21. The average molecular weight is 482 g/mol. The number of rotatable bonds is 10. The number of amides is 1. The maximum absolute atomic E-state index is 13.2. The summed E-state index contributed by atoms with van der Waals surface area (Å²) in [7, 11) is 2.92. The molecule has 0 aliphatic heterocycles. The molecule has 1 unspecified atom stereocenters. The third-order valence-electron chi connectivity index (χ3n) is 6.07. The summed E-state index contributed by atoms with van der Waals surface area (Å²) in [5.41, 5.74) is 3.19. The molecular formula is C29H39NO5. The van der Waals surface area contributed by atoms with E-state index in [-0.39, 0.29) is 35.4 Å². The highest BCUT2D eigenvalue weighted by atomic mass is 16.5. The first kappa shape index (κ1) is 28.1. The molecular weight excluding hydrogens is 442 g/mol. The number of benzene rings is 2. The predicted octanol–water partition coefficient (Wildman–Crippen LogP) is 6.53. The first-order valence-electron chi connectivity index (χ1n) is 12.2. The van der Waals surface area contributed by atoms with Gasteiger partial charge in [0.2, 0.25) is 5.91 Å². The highest BCUT2D eigenvalue weighted by Crippen LogP contribution is 2.35. The fourth-order valence-electron chi connectivity index (χ4n) is 4.22. The Kier molecular flexibility index (Phi) is 9.64. The van der Waals surface area contributed by atoms with Gasteiger partial charge in [0.25, 0.3) is 0 Å². The standard InChI is InChI=1S/C29H39NO5/c1-9-10-19(22-13-11-20(16-25(22)34-7)27(32)18(2)3)17-26(31)30-24-15-21(28(33)35-8)12-14-23(24)29(4,5)6/h11-16,18-19H,9-10,17H2,1-8H3,(H,30,31). The first-order chi connectivity index (χ1) is 16.4. The summed E-state index contributed by atoms with van der Waals surface area (Å²) in [6.45, 7) is 12.0. The van der Waals surface area contributed by atoms with Crippen molar-refractivity contribution < 1.29 is 23.9 Å². The topological polar surface area (TPSA) is 81.7 Å². The number of methoxy groups -OCH3 is 2. The van der Waals surface area contributed by atoms with Crippen molar-refractivity contribution in [3.63, 3.8) is 0 Å². The molecule has 190 valence electrons. The fraction of sp³-hybridized carbons (Fsp3) is 0.483. The fourth-order valence-corrected chi connectivity index (χ4v) is 4.22. The molecule has 2 aromatic rings. The minimum absolute atomic E-state index is 0.0554. The van der Waals surface area contributed by atoms with Crippen LogP contribution in [0.2, 0.25) is 0 Å². The highest BCUT2D eigenvalue weighted by Gasteiger charge is 2.24. The molecule has 0 heterocycles. The molecule has 6 nitrogen and oxygen atoms in total. The second-order valence-corrected chi connectivity index (χ2v) is 10.2. The third kappa shape index (κ3) is 7.17. The molecule has 0 aliphatic carbocycles. The van der Waals surface area contributed by atoms with Gasteiger partial charge in [0.15, 0.2) is 5.78 Å². The molecule has 0 aromatic heterocycles. The highest BCUT2D eigenvalue weighted by molar-refractivity contribution is 5.98. The van der Waals surface area contributed by atoms with Crippen LogP contribution in [-0.2, 0) is 14.9 Å². The van der Waals surface area contributed by atoms with E-state index in [9.17, 15) is 14.4 Å². The van der Waals surface area contributed by atoms with Gasteiger partial charge < -0.3 is 14.8 Å². The Morgan fingerprint density at radius 1 is 0.971 bits per heavy atom. The van der Waals surface area contributed by atoms with Crippen LogP contribution in [0.25, 0.3) is 0 Å². The van der Waals surface area contributed by atoms with Crippen LogP contribution < -0.4 is 10.1 Å². The molecule has 0 aliphatic rings. The SMILES string of the molecule is CCCC(CC(=O)Nc1cc(C(=O)OC)ccc1C(C)(C)C)c1ccc(C(=O)C(C)C)cc1OC. The molecule has 0 bridgehead atoms. The van der Waals surface area contributed by atoms with Crippen molar-refractivity contribution in [2.24, 2.45) is 5.92 Å². The molecule has 1 atom stereocenters. The number of Topliss-reactive ketones (excluding diaryl/α,β-unsaturated/α-hetero) is 1. The number of carbonyl (C=O) groups is 3. The average Bonchev–Trinajstić information content (AvgIpc) is 2.81. The van der Waals surface area contributed by atoms with Gasteiger partial charge in [0.1, 0.15) is 5.75 Å². The lowest BCUT2D eigenvalue weighted by atomic mass is 9.85. The second-order valence-electron chi connectivity index (χ2n) is 10.2. The molecule has 0 spiro atoms. The van der Waals surface area contributed by atoms with Crippen LogP contribution >= 0.6 is 0 Å². The number of hydrogen-bond donors (Lipinski definition) is 1. The Labute approximate surface area is 209 Å². The number of esters is 1. The van der Waals surface area contributed by atoms with Crippen molar-refractivity contribution >= 4 is 23.3 Å². The molecule has 35 heavy (non-hydrogen) atoms. The predicted molar refractivity (Wildman–Crippen MR) is 140 cm³/mol. The monoisotopic (exact) mass is 481 g/mol. The minimum Gasteiger partial charge on any atom is -0.496 e. The van der Waals surface area contributed by atoms with E-state index in [2.05, 4.69) is 33.0 Å². The summed E-state index contributed by atoms with van der Waals surface area (Å²) in [5.74, 6) is -0.128. The van der Waals surface area contributed by atoms with E-state index < -0.39 is 5.97 Å². The van der Waals surface area contributed by atoms with Crippen molar-refractivity contribution in [1.29, 1.82) is 0 Å². The van der Waals surface area contributed by atoms with Gasteiger partial charge >= 0.3 is 5.97 Å². The summed E-state index contributed by atoms with van der Waals surface area (Å²) in [6.07, 6.45) is 1.92. The Hall–Kier alpha value is -3.15. The smallest absolute Gasteiger partial charge is 0.337 e. The lowest BCUT2D eigenvalue weighted by Gasteiger charge is -2.25. The van der Waals surface area contributed by atoms with E-state index in [1.807, 2.05) is 32.0 Å². The number of hydrogen-bond acceptors (Lipinski definition) is 5. The number of ketones is 1. The van der Waals surface area contributed by atoms with Gasteiger partial charge in [0.05, 0.1) is 19.8 Å². The van der Waals surface area contributed by atoms with Crippen LogP contribution in [0.4, 0.5) is 5.69 Å². The van der Waals surface area contributed by atoms with E-state index in [4.69, 9.17) is 9.47 Å². The molecule has 2 rings (SSSR count). The first-order valence-corrected chi connectivity index (χ1v) is 12.2. The Bertz CT molecular complexity index is 1070. The summed E-state index contributed by atoms with van der Waals surface area (Å²) >= 11 is 0. The number of nitrogens with one attached hydrogen (secondary N) is 1. The Morgan fingerprint density at radius 2 is 1.63 bits per heavy atom. The van der Waals surface area contributed by atoms with Gasteiger partial charge in [-0.1, -0.05) is 66.2 Å². The number of anilines is 1. The molecule has 1 amide bonds. The van der Waals surface area contributed by atoms with Gasteiger partial charge in [-0.05, 0) is 47.1 Å². The van der Waals surface area contributed by atoms with E-state index in [1.54, 1.807) is 25.3 Å². The number of ether oxygens (including phenoxy) is 2. The van der Waals surface area contributed by atoms with Gasteiger partial charge in [-0.3, -0.25) is 9.59 Å². The van der Waals surface area contributed by atoms with E-state index in [0.29, 0.717) is 22.6 Å². The second kappa shape index (κ2) is 12.0. The molecule has 0 fully saturated rings. The molecule has 1 N–H and O–H groups in total. The molecule has 0 saturated carbocycles. The number of carbonyl (C=O) groups excluding carboxylic acids is 3. The molecule has 0 radical (unpaired) electrons. The molecule has 6 heteroatoms. The van der Waals surface area contributed by atoms with Crippen LogP contribution in [0.1, 0.15) is 98.6 Å². The molecule has 0 saturated heterocycles. The third-order valence-corrected chi connectivity index (χ3v) is 6.07. The van der Waals surface area contributed by atoms with Crippen molar-refractivity contribution in [3.8, 4) is 5.75 Å². The minimum atomic E-state index is -0.453. The van der Waals surface area contributed by atoms with Gasteiger partial charge in [-0.2, -0.15) is 0 Å². The van der Waals surface area contributed by atoms with E-state index in [1.165, 1.54) is 7.11 Å². The van der Waals surface area contributed by atoms with Crippen molar-refractivity contribution in [3.05, 3.63) is 58.7 Å². The van der Waals surface area contributed by atoms with Gasteiger partial charge in [-0.15, -0.1) is 0 Å². The quantitative estimate of drug-likeness (QED) is 0.308. The lowest BCUT2D eigenvalue weighted by molar-refractivity contribution is -0.116. The maximum atomic E-state index is 13.2. The maximum Gasteiger partial charge on any atom is 0.337 e. The van der Waals surface area contributed by atoms with Gasteiger partial charge in [-0.25, -0.2) is 4.79 Å². The zero-order valence-corrected chi connectivity index (χ0v) is 22.3. The normalized spacial score (nSPS) is 12.3. The van der Waals surface area contributed by atoms with Crippen molar-refractivity contribution in [2.45, 2.75) is 72.1 Å². The van der Waals surface area contributed by atoms with Crippen molar-refractivity contribution in [2.75, 3.05) is 19.5 Å². The summed E-state index contributed by atoms with van der Waals surface area (Å²) in [4.78, 5) is 37.8. The van der Waals surface area contributed by atoms with Crippen LogP contribution in [0.3, 0.4) is 0 Å². The Morgan fingerprint density at radius 3 is 2.17 bits per heavy atom. The molecule has 2 aromatic carbocycles. The van der Waals surface area contributed by atoms with E-state index >= 15 is 0 Å². The van der Waals surface area contributed by atoms with Crippen LogP contribution in [-0.4, -0.2) is 31.9 Å². The zero-order valence-electron chi connectivity index (χ0n) is 22.3. The van der Waals surface area contributed by atoms with E-state index in [0.717, 1.165) is 24.0 Å². The van der Waals surface area contributed by atoms with Crippen LogP contribution in [0, 0.1) is 5.92 Å². The largest absolute Gasteiger partial charge is 0.496 e. The summed E-state index contributed by atoms with van der Waals surface area (Å²) < 4.78 is 10.5. The van der Waals surface area contributed by atoms with Gasteiger partial charge in [0, 0.05) is 23.6 Å². The summed E-state index contributed by atoms with van der Waals surface area (Å²) in [5, 5.41) is 3.04. The van der Waals surface area contributed by atoms with Crippen LogP contribution in [0.15, 0.2) is 36.4 Å². The Balaban J connectivity index is 2.36.